The average molecular weight is 591 g/mol. The zero-order chi connectivity index (χ0) is 21.4. The summed E-state index contributed by atoms with van der Waals surface area (Å²) in [7, 11) is 0. The number of aryl methyl sites for hydroxylation is 1. The molecule has 1 aromatic heterocycles. The van der Waals surface area contributed by atoms with Gasteiger partial charge in [0.2, 0.25) is 0 Å². The predicted octanol–water partition coefficient (Wildman–Crippen LogP) is 6.19. The van der Waals surface area contributed by atoms with Crippen LogP contribution in [-0.4, -0.2) is 21.0 Å². The third-order valence-corrected chi connectivity index (χ3v) is 4.90. The van der Waals surface area contributed by atoms with Crippen LogP contribution in [0.2, 0.25) is 0 Å². The number of hydrogen-bond acceptors (Lipinski definition) is 5. The van der Waals surface area contributed by atoms with Gasteiger partial charge in [-0.2, -0.15) is 0 Å². The quantitative estimate of drug-likeness (QED) is 0.138. The molecular formula is C25H20IrNO4-. The Labute approximate surface area is 193 Å². The number of ether oxygens (including phenoxy) is 1. The molecule has 3 aromatic carbocycles. The number of pyridine rings is 1. The Morgan fingerprint density at radius 2 is 1.81 bits per heavy atom. The topological polar surface area (TPSA) is 79.7 Å². The molecule has 0 spiro atoms. The molecule has 159 valence electrons. The van der Waals surface area contributed by atoms with Gasteiger partial charge in [0, 0.05) is 44.3 Å². The number of ketones is 1. The molecule has 0 bridgehead atoms. The fourth-order valence-corrected chi connectivity index (χ4v) is 3.52. The van der Waals surface area contributed by atoms with E-state index in [1.165, 1.54) is 19.4 Å². The van der Waals surface area contributed by atoms with E-state index in [9.17, 15) is 4.79 Å². The van der Waals surface area contributed by atoms with Crippen LogP contribution in [-0.2, 0) is 24.9 Å². The summed E-state index contributed by atoms with van der Waals surface area (Å²) in [5.74, 6) is 0.319. The molecule has 0 fully saturated rings. The third-order valence-electron chi connectivity index (χ3n) is 4.90. The number of aliphatic hydroxyl groups is 2. The first-order chi connectivity index (χ1) is 14.4. The molecule has 1 radical (unpaired) electrons. The summed E-state index contributed by atoms with van der Waals surface area (Å²) in [5, 5.41) is 21.3. The van der Waals surface area contributed by atoms with E-state index in [-0.39, 0.29) is 25.9 Å². The van der Waals surface area contributed by atoms with Crippen molar-refractivity contribution >= 4 is 27.3 Å². The van der Waals surface area contributed by atoms with Crippen molar-refractivity contribution in [2.24, 2.45) is 0 Å². The van der Waals surface area contributed by atoms with E-state index in [0.717, 1.165) is 44.3 Å². The van der Waals surface area contributed by atoms with Gasteiger partial charge in [-0.15, -0.1) is 12.1 Å². The van der Waals surface area contributed by atoms with E-state index in [2.05, 4.69) is 42.2 Å². The van der Waals surface area contributed by atoms with E-state index in [1.807, 2.05) is 30.5 Å². The van der Waals surface area contributed by atoms with E-state index in [0.29, 0.717) is 0 Å². The van der Waals surface area contributed by atoms with Crippen LogP contribution in [0.1, 0.15) is 19.4 Å². The first-order valence-electron chi connectivity index (χ1n) is 9.47. The number of carbonyl (C=O) groups excluding carboxylic acids is 1. The number of carbonyl (C=O) groups is 1. The van der Waals surface area contributed by atoms with Gasteiger partial charge >= 0.3 is 0 Å². The molecule has 0 amide bonds. The maximum absolute atomic E-state index is 10.1. The minimum Gasteiger partial charge on any atom is -0.509 e. The summed E-state index contributed by atoms with van der Waals surface area (Å²) >= 11 is 0. The zero-order valence-corrected chi connectivity index (χ0v) is 19.6. The molecule has 0 unspecified atom stereocenters. The molecule has 2 N–H and O–H groups in total. The first-order valence-corrected chi connectivity index (χ1v) is 9.47. The van der Waals surface area contributed by atoms with Crippen molar-refractivity contribution in [3.05, 3.63) is 77.9 Å². The monoisotopic (exact) mass is 591 g/mol. The van der Waals surface area contributed by atoms with Gasteiger partial charge in [-0.25, -0.2) is 0 Å². The third kappa shape index (κ3) is 4.18. The van der Waals surface area contributed by atoms with Gasteiger partial charge in [0.05, 0.1) is 5.75 Å². The number of fused-ring (bicyclic) bond motifs is 4. The zero-order valence-electron chi connectivity index (χ0n) is 17.2. The molecule has 6 heteroatoms. The summed E-state index contributed by atoms with van der Waals surface area (Å²) in [6.45, 7) is 4.51. The van der Waals surface area contributed by atoms with E-state index >= 15 is 0 Å². The van der Waals surface area contributed by atoms with Gasteiger partial charge in [0.15, 0.2) is 11.5 Å². The summed E-state index contributed by atoms with van der Waals surface area (Å²) in [4.78, 5) is 14.7. The Bertz CT molecular complexity index is 1340. The van der Waals surface area contributed by atoms with Crippen LogP contribution in [0.4, 0.5) is 0 Å². The molecule has 1 aliphatic heterocycles. The van der Waals surface area contributed by atoms with Gasteiger partial charge in [-0.05, 0) is 36.9 Å². The fraction of sp³-hybridized carbons (Fsp3) is 0.120. The van der Waals surface area contributed by atoms with Crippen molar-refractivity contribution < 1.29 is 39.8 Å². The molecule has 5 rings (SSSR count). The number of aliphatic hydroxyl groups excluding tert-OH is 2. The van der Waals surface area contributed by atoms with Crippen molar-refractivity contribution in [3.8, 4) is 22.8 Å². The summed E-state index contributed by atoms with van der Waals surface area (Å²) in [6, 6.07) is 19.9. The SMILES string of the molecule is CC(=O)/C(O)=C(/C)O.Cc1cc2c3c(nccc3c1)-c1[c-]cc3ccccc3c1O2.[Ir]. The Morgan fingerprint density at radius 1 is 1.06 bits per heavy atom. The van der Waals surface area contributed by atoms with Gasteiger partial charge < -0.3 is 19.9 Å². The van der Waals surface area contributed by atoms with Crippen LogP contribution < -0.4 is 4.74 Å². The smallest absolute Gasteiger partial charge is 0.197 e. The molecule has 2 heterocycles. The molecule has 0 atom stereocenters. The van der Waals surface area contributed by atoms with Gasteiger partial charge in [0.25, 0.3) is 0 Å². The largest absolute Gasteiger partial charge is 0.509 e. The van der Waals surface area contributed by atoms with Crippen LogP contribution in [0.25, 0.3) is 32.8 Å². The summed E-state index contributed by atoms with van der Waals surface area (Å²) in [5.41, 5.74) is 3.09. The Morgan fingerprint density at radius 3 is 2.48 bits per heavy atom. The van der Waals surface area contributed by atoms with Crippen LogP contribution in [0.5, 0.6) is 11.5 Å². The van der Waals surface area contributed by atoms with Crippen LogP contribution in [0, 0.1) is 13.0 Å². The number of hydrogen-bond donors (Lipinski definition) is 2. The molecule has 1 aliphatic rings. The molecule has 5 nitrogen and oxygen atoms in total. The van der Waals surface area contributed by atoms with Crippen molar-refractivity contribution in [2.75, 3.05) is 0 Å². The average Bonchev–Trinajstić information content (AvgIpc) is 2.73. The minimum absolute atomic E-state index is 0. The number of rotatable bonds is 1. The predicted molar refractivity (Wildman–Crippen MR) is 117 cm³/mol. The standard InChI is InChI=1S/C20H12NO.C5H8O3.Ir/c1-12-10-14-8-9-21-19-16-7-6-13-4-2-3-5-15(13)20(16)22-17(11-12)18(14)19;1-3(6)5(8)4(2)7;/h2-6,8-11H,1H3;6,8H,1-2H3;/q-1;;/b;5-3+;. The molecule has 0 saturated heterocycles. The molecule has 4 aromatic rings. The number of allylic oxidation sites excluding steroid dienone is 2. The second kappa shape index (κ2) is 8.88. The Balaban J connectivity index is 0.000000263. The number of aromatic nitrogens is 1. The number of Topliss-reactive ketones (excluding diaryl/α,β-unsaturated/α-hetero) is 1. The van der Waals surface area contributed by atoms with Crippen molar-refractivity contribution in [2.45, 2.75) is 20.8 Å². The molecule has 0 saturated carbocycles. The summed E-state index contributed by atoms with van der Waals surface area (Å²) < 4.78 is 6.27. The normalized spacial score (nSPS) is 12.0. The molecule has 31 heavy (non-hydrogen) atoms. The number of benzene rings is 3. The minimum atomic E-state index is -0.565. The van der Waals surface area contributed by atoms with E-state index in [1.54, 1.807) is 0 Å². The van der Waals surface area contributed by atoms with Crippen LogP contribution in [0.15, 0.2) is 66.2 Å². The molecular weight excluding hydrogens is 570 g/mol. The van der Waals surface area contributed by atoms with Crippen molar-refractivity contribution in [1.29, 1.82) is 0 Å². The maximum Gasteiger partial charge on any atom is 0.197 e. The summed E-state index contributed by atoms with van der Waals surface area (Å²) in [6.07, 6.45) is 1.86. The van der Waals surface area contributed by atoms with Crippen LogP contribution >= 0.6 is 0 Å². The van der Waals surface area contributed by atoms with Crippen LogP contribution in [0.3, 0.4) is 0 Å². The van der Waals surface area contributed by atoms with Crippen molar-refractivity contribution in [1.82, 2.24) is 4.98 Å². The first kappa shape index (κ1) is 22.5. The number of nitrogens with zero attached hydrogens (tertiary/aromatic N) is 1. The fourth-order valence-electron chi connectivity index (χ4n) is 3.52. The van der Waals surface area contributed by atoms with Crippen molar-refractivity contribution in [3.63, 3.8) is 0 Å². The van der Waals surface area contributed by atoms with Gasteiger partial charge in [-0.1, -0.05) is 46.7 Å². The van der Waals surface area contributed by atoms with E-state index in [4.69, 9.17) is 14.9 Å². The Hall–Kier alpha value is -3.21. The second-order valence-electron chi connectivity index (χ2n) is 7.19. The Kier molecular flexibility index (Phi) is 6.44. The van der Waals surface area contributed by atoms with Gasteiger partial charge in [-0.3, -0.25) is 4.79 Å². The van der Waals surface area contributed by atoms with Gasteiger partial charge in [0.1, 0.15) is 11.5 Å². The van der Waals surface area contributed by atoms with E-state index < -0.39 is 11.5 Å². The molecule has 0 aliphatic carbocycles. The second-order valence-corrected chi connectivity index (χ2v) is 7.19. The maximum atomic E-state index is 10.1.